The van der Waals surface area contributed by atoms with Gasteiger partial charge in [0.15, 0.2) is 5.03 Å². The third-order valence-corrected chi connectivity index (χ3v) is 7.81. The van der Waals surface area contributed by atoms with Crippen molar-refractivity contribution in [3.63, 3.8) is 0 Å². The standard InChI is InChI=1S/C21H18F3N3O3S2/c1-14-17-5-3-4-6-18(17)31-20(14)27(32(28,29)19-12-26(2)13-25-19)11-15-7-9-16(10-8-15)30-21(22,23)24/h3-10,12-13H,11H2,1-2H3. The van der Waals surface area contributed by atoms with Gasteiger partial charge in [0.2, 0.25) is 0 Å². The number of benzene rings is 2. The molecule has 0 amide bonds. The van der Waals surface area contributed by atoms with Crippen LogP contribution in [0.15, 0.2) is 66.1 Å². The highest BCUT2D eigenvalue weighted by atomic mass is 32.2. The Morgan fingerprint density at radius 3 is 2.41 bits per heavy atom. The molecule has 0 saturated heterocycles. The molecule has 0 unspecified atom stereocenters. The zero-order valence-electron chi connectivity index (χ0n) is 17.0. The second-order valence-corrected chi connectivity index (χ2v) is 9.95. The predicted molar refractivity (Wildman–Crippen MR) is 116 cm³/mol. The van der Waals surface area contributed by atoms with E-state index in [9.17, 15) is 21.6 Å². The first-order valence-electron chi connectivity index (χ1n) is 9.38. The van der Waals surface area contributed by atoms with E-state index in [0.29, 0.717) is 10.6 Å². The van der Waals surface area contributed by atoms with Crippen LogP contribution in [0.2, 0.25) is 0 Å². The predicted octanol–water partition coefficient (Wildman–Crippen LogP) is 5.24. The van der Waals surface area contributed by atoms with Gasteiger partial charge in [-0.05, 0) is 41.6 Å². The van der Waals surface area contributed by atoms with Crippen molar-refractivity contribution >= 4 is 36.4 Å². The summed E-state index contributed by atoms with van der Waals surface area (Å²) in [6, 6.07) is 12.7. The summed E-state index contributed by atoms with van der Waals surface area (Å²) in [7, 11) is -2.37. The Balaban J connectivity index is 1.77. The number of hydrogen-bond acceptors (Lipinski definition) is 5. The van der Waals surface area contributed by atoms with Crippen LogP contribution in [0.1, 0.15) is 11.1 Å². The summed E-state index contributed by atoms with van der Waals surface area (Å²) in [5.74, 6) is -0.376. The van der Waals surface area contributed by atoms with E-state index in [1.54, 1.807) is 7.05 Å². The molecule has 4 aromatic rings. The molecule has 6 nitrogen and oxygen atoms in total. The monoisotopic (exact) mass is 481 g/mol. The Hall–Kier alpha value is -3.05. The first-order chi connectivity index (χ1) is 15.0. The lowest BCUT2D eigenvalue weighted by atomic mass is 10.2. The second kappa shape index (κ2) is 8.14. The maximum atomic E-state index is 13.5. The third kappa shape index (κ3) is 4.44. The van der Waals surface area contributed by atoms with Gasteiger partial charge in [0.05, 0.1) is 12.9 Å². The van der Waals surface area contributed by atoms with Gasteiger partial charge in [-0.1, -0.05) is 30.3 Å². The molecule has 0 aliphatic heterocycles. The van der Waals surface area contributed by atoms with E-state index >= 15 is 0 Å². The first-order valence-corrected chi connectivity index (χ1v) is 11.6. The fourth-order valence-electron chi connectivity index (χ4n) is 3.26. The highest BCUT2D eigenvalue weighted by Gasteiger charge is 2.32. The Morgan fingerprint density at radius 2 is 1.81 bits per heavy atom. The van der Waals surface area contributed by atoms with E-state index in [2.05, 4.69) is 9.72 Å². The van der Waals surface area contributed by atoms with Crippen LogP contribution < -0.4 is 9.04 Å². The minimum atomic E-state index is -4.80. The van der Waals surface area contributed by atoms with Gasteiger partial charge in [0.1, 0.15) is 10.8 Å². The van der Waals surface area contributed by atoms with E-state index in [-0.39, 0.29) is 17.3 Å². The molecular weight excluding hydrogens is 463 g/mol. The number of alkyl halides is 3. The quantitative estimate of drug-likeness (QED) is 0.378. The summed E-state index contributed by atoms with van der Waals surface area (Å²) >= 11 is 1.33. The van der Waals surface area contributed by atoms with Gasteiger partial charge in [0.25, 0.3) is 10.0 Å². The smallest absolute Gasteiger partial charge is 0.406 e. The van der Waals surface area contributed by atoms with Crippen LogP contribution in [0.3, 0.4) is 0 Å². The van der Waals surface area contributed by atoms with Crippen LogP contribution in [0.25, 0.3) is 10.1 Å². The van der Waals surface area contributed by atoms with Gasteiger partial charge in [-0.3, -0.25) is 4.31 Å². The number of hydrogen-bond donors (Lipinski definition) is 0. The molecule has 0 aliphatic carbocycles. The van der Waals surface area contributed by atoms with Crippen LogP contribution in [-0.4, -0.2) is 24.3 Å². The highest BCUT2D eigenvalue weighted by Crippen LogP contribution is 2.40. The molecule has 0 bridgehead atoms. The molecule has 2 heterocycles. The SMILES string of the molecule is Cc1c(N(Cc2ccc(OC(F)(F)F)cc2)S(=O)(=O)c2cn(C)cn2)sc2ccccc12. The van der Waals surface area contributed by atoms with Crippen molar-refractivity contribution in [2.24, 2.45) is 7.05 Å². The van der Waals surface area contributed by atoms with E-state index < -0.39 is 16.4 Å². The molecule has 0 saturated carbocycles. The summed E-state index contributed by atoms with van der Waals surface area (Å²) in [4.78, 5) is 4.01. The maximum Gasteiger partial charge on any atom is 0.573 e. The van der Waals surface area contributed by atoms with Gasteiger partial charge in [-0.15, -0.1) is 24.5 Å². The Bertz CT molecular complexity index is 1360. The highest BCUT2D eigenvalue weighted by molar-refractivity contribution is 7.93. The van der Waals surface area contributed by atoms with E-state index in [4.69, 9.17) is 0 Å². The molecule has 2 aromatic carbocycles. The topological polar surface area (TPSA) is 64.4 Å². The lowest BCUT2D eigenvalue weighted by Gasteiger charge is -2.23. The third-order valence-electron chi connectivity index (χ3n) is 4.76. The Labute approximate surface area is 186 Å². The van der Waals surface area contributed by atoms with Crippen molar-refractivity contribution in [1.82, 2.24) is 9.55 Å². The number of ether oxygens (including phenoxy) is 1. The number of anilines is 1. The molecule has 168 valence electrons. The Morgan fingerprint density at radius 1 is 1.12 bits per heavy atom. The fourth-order valence-corrected chi connectivity index (χ4v) is 6.16. The molecule has 0 radical (unpaired) electrons. The van der Waals surface area contributed by atoms with Crippen LogP contribution in [0.5, 0.6) is 5.75 Å². The lowest BCUT2D eigenvalue weighted by Crippen LogP contribution is -2.30. The van der Waals surface area contributed by atoms with Crippen molar-refractivity contribution < 1.29 is 26.3 Å². The van der Waals surface area contributed by atoms with Crippen molar-refractivity contribution in [3.8, 4) is 5.75 Å². The normalized spacial score (nSPS) is 12.3. The summed E-state index contributed by atoms with van der Waals surface area (Å²) in [5.41, 5.74) is 1.29. The average molecular weight is 482 g/mol. The number of aromatic nitrogens is 2. The molecular formula is C21H18F3N3O3S2. The molecule has 2 aromatic heterocycles. The minimum Gasteiger partial charge on any atom is -0.406 e. The van der Waals surface area contributed by atoms with Crippen molar-refractivity contribution in [3.05, 3.63) is 72.2 Å². The number of imidazole rings is 1. The van der Waals surface area contributed by atoms with Crippen molar-refractivity contribution in [2.75, 3.05) is 4.31 Å². The Kier molecular flexibility index (Phi) is 5.63. The molecule has 0 aliphatic rings. The second-order valence-electron chi connectivity index (χ2n) is 7.11. The number of fused-ring (bicyclic) bond motifs is 1. The summed E-state index contributed by atoms with van der Waals surface area (Å²) < 4.78 is 72.0. The molecule has 0 atom stereocenters. The maximum absolute atomic E-state index is 13.5. The largest absolute Gasteiger partial charge is 0.573 e. The minimum absolute atomic E-state index is 0.0845. The number of sulfonamides is 1. The van der Waals surface area contributed by atoms with Gasteiger partial charge >= 0.3 is 6.36 Å². The average Bonchev–Trinajstić information content (AvgIpc) is 3.30. The zero-order valence-corrected chi connectivity index (χ0v) is 18.6. The van der Waals surface area contributed by atoms with Crippen LogP contribution in [-0.2, 0) is 23.6 Å². The van der Waals surface area contributed by atoms with Crippen LogP contribution in [0.4, 0.5) is 18.2 Å². The zero-order chi connectivity index (χ0) is 23.1. The summed E-state index contributed by atoms with van der Waals surface area (Å²) in [5, 5.41) is 1.34. The number of nitrogens with zero attached hydrogens (tertiary/aromatic N) is 3. The van der Waals surface area contributed by atoms with E-state index in [0.717, 1.165) is 27.8 Å². The molecule has 0 N–H and O–H groups in total. The number of aryl methyl sites for hydroxylation is 2. The molecule has 32 heavy (non-hydrogen) atoms. The molecule has 4 rings (SSSR count). The van der Waals surface area contributed by atoms with Crippen LogP contribution >= 0.6 is 11.3 Å². The first kappa shape index (κ1) is 22.2. The van der Waals surface area contributed by atoms with Crippen molar-refractivity contribution in [1.29, 1.82) is 0 Å². The molecule has 0 fully saturated rings. The molecule has 0 spiro atoms. The molecule has 11 heteroatoms. The number of thiophene rings is 1. The fraction of sp³-hybridized carbons (Fsp3) is 0.190. The summed E-state index contributed by atoms with van der Waals surface area (Å²) in [6.45, 7) is 1.76. The number of rotatable bonds is 6. The summed E-state index contributed by atoms with van der Waals surface area (Å²) in [6.07, 6.45) is -2.00. The van der Waals surface area contributed by atoms with Gasteiger partial charge < -0.3 is 9.30 Å². The van der Waals surface area contributed by atoms with Crippen molar-refractivity contribution in [2.45, 2.75) is 24.9 Å². The van der Waals surface area contributed by atoms with E-state index in [1.807, 2.05) is 31.2 Å². The van der Waals surface area contributed by atoms with Crippen LogP contribution in [0, 0.1) is 6.92 Å². The van der Waals surface area contributed by atoms with Gasteiger partial charge in [-0.25, -0.2) is 4.98 Å². The lowest BCUT2D eigenvalue weighted by molar-refractivity contribution is -0.274. The van der Waals surface area contributed by atoms with E-state index in [1.165, 1.54) is 44.9 Å². The van der Waals surface area contributed by atoms with Gasteiger partial charge in [-0.2, -0.15) is 8.42 Å². The number of halogens is 3. The van der Waals surface area contributed by atoms with Gasteiger partial charge in [0, 0.05) is 17.9 Å².